The van der Waals surface area contributed by atoms with Gasteiger partial charge in [-0.05, 0) is 61.4 Å². The highest BCUT2D eigenvalue weighted by Gasteiger charge is 2.29. The number of nitrogens with zero attached hydrogens (tertiary/aromatic N) is 1. The van der Waals surface area contributed by atoms with E-state index in [0.717, 1.165) is 15.4 Å². The molecule has 0 bridgehead atoms. The number of anilines is 1. The van der Waals surface area contributed by atoms with Gasteiger partial charge in [0, 0.05) is 0 Å². The zero-order valence-electron chi connectivity index (χ0n) is 18.9. The van der Waals surface area contributed by atoms with Crippen LogP contribution in [-0.4, -0.2) is 41.1 Å². The van der Waals surface area contributed by atoms with Crippen LogP contribution < -0.4 is 19.1 Å². The van der Waals surface area contributed by atoms with E-state index in [1.54, 1.807) is 30.3 Å². The second kappa shape index (κ2) is 10.9. The number of rotatable bonds is 10. The first-order chi connectivity index (χ1) is 15.8. The number of methoxy groups -OCH3 is 1. The highest BCUT2D eigenvalue weighted by atomic mass is 32.2. The Kier molecular flexibility index (Phi) is 7.95. The second-order valence-corrected chi connectivity index (χ2v) is 9.38. The zero-order chi connectivity index (χ0) is 23.8. The molecular formula is C25H28N2O5S. The van der Waals surface area contributed by atoms with Gasteiger partial charge in [0.25, 0.3) is 10.0 Å². The average molecular weight is 469 g/mol. The molecule has 0 spiro atoms. The van der Waals surface area contributed by atoms with Crippen molar-refractivity contribution >= 4 is 21.6 Å². The van der Waals surface area contributed by atoms with Crippen LogP contribution in [0.25, 0.3) is 0 Å². The minimum absolute atomic E-state index is 0.0872. The summed E-state index contributed by atoms with van der Waals surface area (Å²) in [5.74, 6) is 0.614. The van der Waals surface area contributed by atoms with Crippen molar-refractivity contribution in [3.05, 3.63) is 83.9 Å². The topological polar surface area (TPSA) is 84.9 Å². The Morgan fingerprint density at radius 2 is 1.67 bits per heavy atom. The number of carbonyl (C=O) groups is 1. The van der Waals surface area contributed by atoms with Gasteiger partial charge in [-0.3, -0.25) is 9.10 Å². The summed E-state index contributed by atoms with van der Waals surface area (Å²) in [6.45, 7) is 3.90. The lowest BCUT2D eigenvalue weighted by Crippen LogP contribution is -2.42. The molecule has 0 aromatic heterocycles. The first-order valence-electron chi connectivity index (χ1n) is 10.5. The Labute approximate surface area is 195 Å². The lowest BCUT2D eigenvalue weighted by atomic mass is 10.2. The predicted octanol–water partition coefficient (Wildman–Crippen LogP) is 3.70. The zero-order valence-corrected chi connectivity index (χ0v) is 19.8. The van der Waals surface area contributed by atoms with Crippen molar-refractivity contribution in [2.24, 2.45) is 0 Å². The van der Waals surface area contributed by atoms with Crippen molar-refractivity contribution in [3.63, 3.8) is 0 Å². The van der Waals surface area contributed by atoms with Gasteiger partial charge in [-0.25, -0.2) is 8.42 Å². The van der Waals surface area contributed by atoms with E-state index >= 15 is 0 Å². The first kappa shape index (κ1) is 24.1. The fraction of sp³-hybridized carbons (Fsp3) is 0.240. The molecule has 3 aromatic rings. The summed E-state index contributed by atoms with van der Waals surface area (Å²) >= 11 is 0. The smallest absolute Gasteiger partial charge is 0.264 e. The lowest BCUT2D eigenvalue weighted by Gasteiger charge is -2.26. The molecule has 0 atom stereocenters. The summed E-state index contributed by atoms with van der Waals surface area (Å²) in [4.78, 5) is 12.8. The van der Waals surface area contributed by atoms with Gasteiger partial charge in [0.05, 0.1) is 24.2 Å². The Bertz CT molecular complexity index is 1200. The monoisotopic (exact) mass is 468 g/mol. The molecule has 174 valence electrons. The van der Waals surface area contributed by atoms with E-state index in [9.17, 15) is 13.2 Å². The summed E-state index contributed by atoms with van der Waals surface area (Å²) in [6, 6.07) is 20.8. The predicted molar refractivity (Wildman–Crippen MR) is 128 cm³/mol. The molecule has 0 saturated heterocycles. The number of hydrogen-bond acceptors (Lipinski definition) is 5. The van der Waals surface area contributed by atoms with Crippen molar-refractivity contribution < 1.29 is 22.7 Å². The largest absolute Gasteiger partial charge is 0.495 e. The van der Waals surface area contributed by atoms with Crippen LogP contribution >= 0.6 is 0 Å². The molecule has 0 radical (unpaired) electrons. The fourth-order valence-corrected chi connectivity index (χ4v) is 4.71. The van der Waals surface area contributed by atoms with E-state index in [1.807, 2.05) is 44.2 Å². The van der Waals surface area contributed by atoms with Gasteiger partial charge in [0.1, 0.15) is 24.7 Å². The van der Waals surface area contributed by atoms with Crippen LogP contribution in [0, 0.1) is 13.8 Å². The van der Waals surface area contributed by atoms with E-state index in [-0.39, 0.29) is 18.0 Å². The Balaban J connectivity index is 1.77. The normalized spacial score (nSPS) is 11.0. The van der Waals surface area contributed by atoms with Gasteiger partial charge in [-0.2, -0.15) is 0 Å². The van der Waals surface area contributed by atoms with Gasteiger partial charge in [-0.15, -0.1) is 0 Å². The molecule has 0 heterocycles. The molecule has 1 N–H and O–H groups in total. The number of aryl methyl sites for hydroxylation is 2. The van der Waals surface area contributed by atoms with Crippen LogP contribution in [0.2, 0.25) is 0 Å². The second-order valence-electron chi connectivity index (χ2n) is 7.51. The molecule has 8 heteroatoms. The molecule has 0 fully saturated rings. The standard InChI is InChI=1S/C25H28N2O5S/c1-19-8-7-9-21(16-19)32-15-14-26-25(28)18-27(23-17-20(2)12-13-24(23)31-3)33(29,30)22-10-5-4-6-11-22/h4-13,16-17H,14-15,18H2,1-3H3,(H,26,28). The molecular weight excluding hydrogens is 440 g/mol. The quantitative estimate of drug-likeness (QED) is 0.459. The van der Waals surface area contributed by atoms with Crippen LogP contribution in [0.3, 0.4) is 0 Å². The number of amides is 1. The summed E-state index contributed by atoms with van der Waals surface area (Å²) in [5.41, 5.74) is 2.21. The number of benzene rings is 3. The summed E-state index contributed by atoms with van der Waals surface area (Å²) in [6.07, 6.45) is 0. The number of ether oxygens (including phenoxy) is 2. The lowest BCUT2D eigenvalue weighted by molar-refractivity contribution is -0.119. The van der Waals surface area contributed by atoms with E-state index in [4.69, 9.17) is 9.47 Å². The maximum absolute atomic E-state index is 13.5. The maximum atomic E-state index is 13.5. The Morgan fingerprint density at radius 3 is 2.36 bits per heavy atom. The maximum Gasteiger partial charge on any atom is 0.264 e. The van der Waals surface area contributed by atoms with Crippen LogP contribution in [0.5, 0.6) is 11.5 Å². The van der Waals surface area contributed by atoms with Gasteiger partial charge >= 0.3 is 0 Å². The molecule has 0 aliphatic heterocycles. The SMILES string of the molecule is COc1ccc(C)cc1N(CC(=O)NCCOc1cccc(C)c1)S(=O)(=O)c1ccccc1. The van der Waals surface area contributed by atoms with Crippen molar-refractivity contribution in [3.8, 4) is 11.5 Å². The molecule has 0 aliphatic carbocycles. The Morgan fingerprint density at radius 1 is 0.939 bits per heavy atom. The molecule has 3 aromatic carbocycles. The van der Waals surface area contributed by atoms with Gasteiger partial charge in [-0.1, -0.05) is 36.4 Å². The third-order valence-electron chi connectivity index (χ3n) is 4.90. The third-order valence-corrected chi connectivity index (χ3v) is 6.68. The summed E-state index contributed by atoms with van der Waals surface area (Å²) in [7, 11) is -2.55. The molecule has 7 nitrogen and oxygen atoms in total. The van der Waals surface area contributed by atoms with E-state index in [0.29, 0.717) is 17.2 Å². The molecule has 33 heavy (non-hydrogen) atoms. The third kappa shape index (κ3) is 6.26. The molecule has 0 aliphatic rings. The van der Waals surface area contributed by atoms with E-state index < -0.39 is 22.5 Å². The van der Waals surface area contributed by atoms with Gasteiger partial charge in [0.2, 0.25) is 5.91 Å². The highest BCUT2D eigenvalue weighted by molar-refractivity contribution is 7.92. The number of carbonyl (C=O) groups excluding carboxylic acids is 1. The first-order valence-corrected chi connectivity index (χ1v) is 11.9. The molecule has 0 unspecified atom stereocenters. The molecule has 0 saturated carbocycles. The van der Waals surface area contributed by atoms with Crippen LogP contribution in [0.4, 0.5) is 5.69 Å². The summed E-state index contributed by atoms with van der Waals surface area (Å²) in [5, 5.41) is 2.73. The van der Waals surface area contributed by atoms with E-state index in [2.05, 4.69) is 5.32 Å². The van der Waals surface area contributed by atoms with Crippen LogP contribution in [0.15, 0.2) is 77.7 Å². The number of sulfonamides is 1. The van der Waals surface area contributed by atoms with Crippen molar-refractivity contribution in [2.75, 3.05) is 31.1 Å². The van der Waals surface area contributed by atoms with Gasteiger partial charge in [0.15, 0.2) is 0 Å². The highest BCUT2D eigenvalue weighted by Crippen LogP contribution is 2.33. The minimum atomic E-state index is -4.02. The van der Waals surface area contributed by atoms with Crippen molar-refractivity contribution in [1.82, 2.24) is 5.32 Å². The number of hydrogen-bond donors (Lipinski definition) is 1. The van der Waals surface area contributed by atoms with Crippen molar-refractivity contribution in [2.45, 2.75) is 18.7 Å². The van der Waals surface area contributed by atoms with Gasteiger partial charge < -0.3 is 14.8 Å². The van der Waals surface area contributed by atoms with E-state index in [1.165, 1.54) is 19.2 Å². The molecule has 1 amide bonds. The van der Waals surface area contributed by atoms with Crippen LogP contribution in [-0.2, 0) is 14.8 Å². The Hall–Kier alpha value is -3.52. The fourth-order valence-electron chi connectivity index (χ4n) is 3.27. The number of nitrogens with one attached hydrogen (secondary N) is 1. The summed E-state index contributed by atoms with van der Waals surface area (Å²) < 4.78 is 39.0. The van der Waals surface area contributed by atoms with Crippen molar-refractivity contribution in [1.29, 1.82) is 0 Å². The average Bonchev–Trinajstić information content (AvgIpc) is 2.81. The minimum Gasteiger partial charge on any atom is -0.495 e. The molecule has 3 rings (SSSR count). The van der Waals surface area contributed by atoms with Crippen LogP contribution in [0.1, 0.15) is 11.1 Å².